The fraction of sp³-hybridized carbons (Fsp3) is 0.647. The van der Waals surface area contributed by atoms with E-state index in [9.17, 15) is 0 Å². The molecule has 0 spiro atoms. The minimum atomic E-state index is 0.882. The van der Waals surface area contributed by atoms with Gasteiger partial charge in [-0.2, -0.15) is 0 Å². The maximum absolute atomic E-state index is 6.90. The van der Waals surface area contributed by atoms with Gasteiger partial charge in [-0.05, 0) is 126 Å². The Balaban J connectivity index is 2.28. The van der Waals surface area contributed by atoms with Crippen LogP contribution in [0.5, 0.6) is 11.5 Å². The molecular formula is C34H48Br6O. The quantitative estimate of drug-likeness (QED) is 0.0844. The van der Waals surface area contributed by atoms with Crippen molar-refractivity contribution in [1.29, 1.82) is 0 Å². The van der Waals surface area contributed by atoms with E-state index in [0.717, 1.165) is 56.8 Å². The Bertz CT molecular complexity index is 957. The SMILES string of the molecule is CCCCCCCCCc1cc(Oc2cc(CCCCCCCCC)c(Br)c(Br)c2CCBr)c(CCBr)c(Br)c1Br. The molecule has 0 unspecified atom stereocenters. The van der Waals surface area contributed by atoms with Gasteiger partial charge in [0.15, 0.2) is 0 Å². The molecule has 7 heteroatoms. The van der Waals surface area contributed by atoms with Crippen LogP contribution in [0.15, 0.2) is 30.0 Å². The summed E-state index contributed by atoms with van der Waals surface area (Å²) >= 11 is 23.0. The second-order valence-corrected chi connectivity index (χ2v) is 15.8. The van der Waals surface area contributed by atoms with Crippen molar-refractivity contribution in [2.75, 3.05) is 10.7 Å². The van der Waals surface area contributed by atoms with Gasteiger partial charge in [0.1, 0.15) is 11.5 Å². The molecule has 0 saturated carbocycles. The molecule has 0 radical (unpaired) electrons. The van der Waals surface area contributed by atoms with Crippen molar-refractivity contribution < 1.29 is 4.74 Å². The van der Waals surface area contributed by atoms with Gasteiger partial charge in [0, 0.05) is 39.7 Å². The number of ether oxygens (including phenoxy) is 1. The van der Waals surface area contributed by atoms with Crippen molar-refractivity contribution in [2.45, 2.75) is 129 Å². The molecule has 0 N–H and O–H groups in total. The summed E-state index contributed by atoms with van der Waals surface area (Å²) in [5, 5.41) is 1.76. The summed E-state index contributed by atoms with van der Waals surface area (Å²) in [5.41, 5.74) is 5.05. The molecule has 0 bridgehead atoms. The number of unbranched alkanes of at least 4 members (excludes halogenated alkanes) is 12. The van der Waals surface area contributed by atoms with Gasteiger partial charge in [0.2, 0.25) is 0 Å². The van der Waals surface area contributed by atoms with Gasteiger partial charge < -0.3 is 4.74 Å². The third kappa shape index (κ3) is 13.2. The summed E-state index contributed by atoms with van der Waals surface area (Å²) in [6.07, 6.45) is 22.3. The predicted molar refractivity (Wildman–Crippen MR) is 202 cm³/mol. The highest BCUT2D eigenvalue weighted by atomic mass is 79.9. The molecule has 41 heavy (non-hydrogen) atoms. The molecule has 0 aliphatic heterocycles. The van der Waals surface area contributed by atoms with Crippen molar-refractivity contribution >= 4 is 95.6 Å². The number of halogens is 6. The lowest BCUT2D eigenvalue weighted by atomic mass is 10.0. The Labute approximate surface area is 301 Å². The summed E-state index contributed by atoms with van der Waals surface area (Å²) in [6.45, 7) is 4.56. The lowest BCUT2D eigenvalue weighted by Crippen LogP contribution is -2.03. The molecule has 1 nitrogen and oxygen atoms in total. The summed E-state index contributed by atoms with van der Waals surface area (Å²) in [6, 6.07) is 4.57. The van der Waals surface area contributed by atoms with Crippen LogP contribution in [0.4, 0.5) is 0 Å². The second-order valence-electron chi connectivity index (χ2n) is 11.0. The molecule has 0 aliphatic carbocycles. The van der Waals surface area contributed by atoms with Gasteiger partial charge in [0.05, 0.1) is 0 Å². The lowest BCUT2D eigenvalue weighted by Gasteiger charge is -2.21. The van der Waals surface area contributed by atoms with Crippen LogP contribution in [0.1, 0.15) is 126 Å². The Morgan fingerprint density at radius 1 is 0.463 bits per heavy atom. The molecule has 0 atom stereocenters. The van der Waals surface area contributed by atoms with Crippen LogP contribution in [0.25, 0.3) is 0 Å². The van der Waals surface area contributed by atoms with Gasteiger partial charge in [-0.3, -0.25) is 0 Å². The zero-order valence-corrected chi connectivity index (χ0v) is 34.5. The Morgan fingerprint density at radius 3 is 1.15 bits per heavy atom. The van der Waals surface area contributed by atoms with Crippen molar-refractivity contribution in [3.8, 4) is 11.5 Å². The molecule has 2 aromatic rings. The molecule has 0 heterocycles. The van der Waals surface area contributed by atoms with E-state index in [4.69, 9.17) is 4.74 Å². The van der Waals surface area contributed by atoms with Gasteiger partial charge in [0.25, 0.3) is 0 Å². The van der Waals surface area contributed by atoms with Crippen LogP contribution < -0.4 is 4.74 Å². The van der Waals surface area contributed by atoms with E-state index in [2.05, 4.69) is 122 Å². The van der Waals surface area contributed by atoms with Gasteiger partial charge >= 0.3 is 0 Å². The molecule has 2 rings (SSSR count). The number of benzene rings is 2. The molecular weight excluding hydrogens is 904 g/mol. The first-order valence-corrected chi connectivity index (χ1v) is 21.1. The van der Waals surface area contributed by atoms with Gasteiger partial charge in [-0.15, -0.1) is 0 Å². The summed E-state index contributed by atoms with van der Waals surface area (Å²) in [7, 11) is 0. The number of aryl methyl sites for hydroxylation is 2. The molecule has 0 aromatic heterocycles. The minimum Gasteiger partial charge on any atom is -0.457 e. The summed E-state index contributed by atoms with van der Waals surface area (Å²) in [4.78, 5) is 0. The van der Waals surface area contributed by atoms with Crippen molar-refractivity contribution in [3.05, 3.63) is 52.3 Å². The maximum Gasteiger partial charge on any atom is 0.132 e. The maximum atomic E-state index is 6.90. The van der Waals surface area contributed by atoms with Crippen LogP contribution >= 0.6 is 95.6 Å². The van der Waals surface area contributed by atoms with Crippen molar-refractivity contribution in [2.24, 2.45) is 0 Å². The first kappa shape index (κ1) is 38.3. The number of hydrogen-bond donors (Lipinski definition) is 0. The smallest absolute Gasteiger partial charge is 0.132 e. The zero-order chi connectivity index (χ0) is 30.0. The van der Waals surface area contributed by atoms with Crippen molar-refractivity contribution in [3.63, 3.8) is 0 Å². The number of alkyl halides is 2. The number of hydrogen-bond acceptors (Lipinski definition) is 1. The topological polar surface area (TPSA) is 9.23 Å². The van der Waals surface area contributed by atoms with Crippen molar-refractivity contribution in [1.82, 2.24) is 0 Å². The number of rotatable bonds is 22. The third-order valence-corrected chi connectivity index (χ3v) is 13.1. The predicted octanol–water partition coefficient (Wildman–Crippen LogP) is 15.0. The van der Waals surface area contributed by atoms with Crippen LogP contribution in [0.3, 0.4) is 0 Å². The molecule has 0 amide bonds. The van der Waals surface area contributed by atoms with Crippen LogP contribution in [-0.4, -0.2) is 10.7 Å². The standard InChI is InChI=1S/C34H48Br6O/c1-3-5-7-9-11-13-15-17-25-23-29(27(19-21-35)33(39)31(25)37)41-30-24-26(18-16-14-12-10-8-6-4-2)32(38)34(40)28(30)20-22-36/h23-24H,3-22H2,1-2H3. The highest BCUT2D eigenvalue weighted by Crippen LogP contribution is 2.44. The fourth-order valence-corrected chi connectivity index (χ4v) is 8.44. The highest BCUT2D eigenvalue weighted by molar-refractivity contribution is 9.13. The van der Waals surface area contributed by atoms with E-state index in [-0.39, 0.29) is 0 Å². The summed E-state index contributed by atoms with van der Waals surface area (Å²) < 4.78 is 11.5. The van der Waals surface area contributed by atoms with E-state index in [1.165, 1.54) is 121 Å². The molecule has 0 fully saturated rings. The van der Waals surface area contributed by atoms with E-state index < -0.39 is 0 Å². The van der Waals surface area contributed by atoms with E-state index >= 15 is 0 Å². The van der Waals surface area contributed by atoms with Crippen LogP contribution in [-0.2, 0) is 25.7 Å². The zero-order valence-electron chi connectivity index (χ0n) is 25.0. The average molecular weight is 952 g/mol. The fourth-order valence-electron chi connectivity index (χ4n) is 5.25. The molecule has 232 valence electrons. The van der Waals surface area contributed by atoms with E-state index in [1.807, 2.05) is 0 Å². The van der Waals surface area contributed by atoms with Gasteiger partial charge in [-0.25, -0.2) is 0 Å². The van der Waals surface area contributed by atoms with Crippen LogP contribution in [0, 0.1) is 0 Å². The first-order chi connectivity index (χ1) is 19.9. The molecule has 2 aromatic carbocycles. The average Bonchev–Trinajstić information content (AvgIpc) is 2.96. The molecule has 0 saturated heterocycles. The minimum absolute atomic E-state index is 0.882. The van der Waals surface area contributed by atoms with E-state index in [0.29, 0.717) is 0 Å². The first-order valence-electron chi connectivity index (χ1n) is 15.7. The monoisotopic (exact) mass is 946 g/mol. The highest BCUT2D eigenvalue weighted by Gasteiger charge is 2.20. The lowest BCUT2D eigenvalue weighted by molar-refractivity contribution is 0.468. The Kier molecular flexibility index (Phi) is 21.1. The largest absolute Gasteiger partial charge is 0.457 e. The van der Waals surface area contributed by atoms with E-state index in [1.54, 1.807) is 0 Å². The Morgan fingerprint density at radius 2 is 0.805 bits per heavy atom. The summed E-state index contributed by atoms with van der Waals surface area (Å²) in [5.74, 6) is 1.92. The van der Waals surface area contributed by atoms with Gasteiger partial charge in [-0.1, -0.05) is 123 Å². The second kappa shape index (κ2) is 22.6. The normalized spacial score (nSPS) is 11.4. The Hall–Kier alpha value is 1.12. The molecule has 0 aliphatic rings. The third-order valence-electron chi connectivity index (χ3n) is 7.69. The van der Waals surface area contributed by atoms with Crippen LogP contribution in [0.2, 0.25) is 0 Å².